The topological polar surface area (TPSA) is 109 Å². The van der Waals surface area contributed by atoms with Crippen molar-refractivity contribution in [2.24, 2.45) is 0 Å². The van der Waals surface area contributed by atoms with Crippen LogP contribution in [0.15, 0.2) is 24.4 Å². The van der Waals surface area contributed by atoms with E-state index in [2.05, 4.69) is 15.3 Å². The zero-order valence-electron chi connectivity index (χ0n) is 10.9. The molecule has 0 atom stereocenters. The van der Waals surface area contributed by atoms with Gasteiger partial charge in [-0.3, -0.25) is 10.1 Å². The lowest BCUT2D eigenvalue weighted by Crippen LogP contribution is -2.01. The molecule has 0 aliphatic carbocycles. The van der Waals surface area contributed by atoms with Crippen molar-refractivity contribution in [2.75, 3.05) is 19.2 Å². The molecule has 0 saturated heterocycles. The zero-order valence-corrected chi connectivity index (χ0v) is 10.9. The van der Waals surface area contributed by atoms with Crippen molar-refractivity contribution in [3.8, 4) is 23.1 Å². The normalized spacial score (nSPS) is 12.0. The van der Waals surface area contributed by atoms with E-state index in [1.54, 1.807) is 25.2 Å². The standard InChI is InChI=1S/C12H10N4O5/c1-13-12-14-5-8(16(17)18)11(15-12)21-7-2-3-9-10(4-7)20-6-19-9/h2-5H,6H2,1H3,(H,13,14,15). The smallest absolute Gasteiger partial charge is 0.349 e. The van der Waals surface area contributed by atoms with Crippen molar-refractivity contribution in [3.05, 3.63) is 34.5 Å². The van der Waals surface area contributed by atoms with Crippen LogP contribution < -0.4 is 19.5 Å². The van der Waals surface area contributed by atoms with Crippen molar-refractivity contribution in [1.82, 2.24) is 9.97 Å². The van der Waals surface area contributed by atoms with Gasteiger partial charge < -0.3 is 19.5 Å². The summed E-state index contributed by atoms with van der Waals surface area (Å²) in [5.74, 6) is 1.52. The number of fused-ring (bicyclic) bond motifs is 1. The summed E-state index contributed by atoms with van der Waals surface area (Å²) in [6.07, 6.45) is 1.08. The minimum Gasteiger partial charge on any atom is -0.454 e. The Hall–Kier alpha value is -3.10. The molecule has 1 N–H and O–H groups in total. The summed E-state index contributed by atoms with van der Waals surface area (Å²) in [4.78, 5) is 18.1. The van der Waals surface area contributed by atoms with Gasteiger partial charge in [-0.15, -0.1) is 0 Å². The molecule has 2 heterocycles. The van der Waals surface area contributed by atoms with E-state index in [4.69, 9.17) is 14.2 Å². The number of ether oxygens (including phenoxy) is 3. The molecular weight excluding hydrogens is 280 g/mol. The van der Waals surface area contributed by atoms with Crippen LogP contribution in [-0.4, -0.2) is 28.7 Å². The Balaban J connectivity index is 1.95. The average molecular weight is 290 g/mol. The molecule has 9 nitrogen and oxygen atoms in total. The number of nitro groups is 1. The maximum atomic E-state index is 11.0. The van der Waals surface area contributed by atoms with Gasteiger partial charge in [-0.2, -0.15) is 4.98 Å². The number of hydrogen-bond donors (Lipinski definition) is 1. The van der Waals surface area contributed by atoms with Crippen LogP contribution in [-0.2, 0) is 0 Å². The van der Waals surface area contributed by atoms with E-state index in [1.807, 2.05) is 0 Å². The van der Waals surface area contributed by atoms with Crippen molar-refractivity contribution in [1.29, 1.82) is 0 Å². The van der Waals surface area contributed by atoms with Crippen molar-refractivity contribution < 1.29 is 19.1 Å². The summed E-state index contributed by atoms with van der Waals surface area (Å²) < 4.78 is 15.9. The molecule has 2 aromatic rings. The van der Waals surface area contributed by atoms with Crippen molar-refractivity contribution >= 4 is 11.6 Å². The summed E-state index contributed by atoms with van der Waals surface area (Å²) in [5.41, 5.74) is -0.327. The first-order valence-corrected chi connectivity index (χ1v) is 5.94. The Labute approximate surface area is 118 Å². The van der Waals surface area contributed by atoms with Gasteiger partial charge in [-0.1, -0.05) is 0 Å². The van der Waals surface area contributed by atoms with Crippen LogP contribution in [0, 0.1) is 10.1 Å². The fourth-order valence-electron chi connectivity index (χ4n) is 1.73. The minimum atomic E-state index is -0.609. The molecule has 0 fully saturated rings. The molecule has 0 radical (unpaired) electrons. The van der Waals surface area contributed by atoms with Crippen LogP contribution in [0.3, 0.4) is 0 Å². The van der Waals surface area contributed by atoms with E-state index < -0.39 is 4.92 Å². The third-order valence-electron chi connectivity index (χ3n) is 2.71. The summed E-state index contributed by atoms with van der Waals surface area (Å²) in [5, 5.41) is 13.7. The van der Waals surface area contributed by atoms with Crippen LogP contribution >= 0.6 is 0 Å². The second-order valence-corrected chi connectivity index (χ2v) is 4.01. The molecule has 0 unspecified atom stereocenters. The first-order valence-electron chi connectivity index (χ1n) is 5.94. The maximum absolute atomic E-state index is 11.0. The van der Waals surface area contributed by atoms with E-state index in [1.165, 1.54) is 0 Å². The van der Waals surface area contributed by atoms with E-state index in [-0.39, 0.29) is 24.3 Å². The maximum Gasteiger partial charge on any atom is 0.349 e. The lowest BCUT2D eigenvalue weighted by Gasteiger charge is -2.07. The highest BCUT2D eigenvalue weighted by Gasteiger charge is 2.21. The quantitative estimate of drug-likeness (QED) is 0.672. The van der Waals surface area contributed by atoms with Crippen LogP contribution in [0.1, 0.15) is 0 Å². The fourth-order valence-corrected chi connectivity index (χ4v) is 1.73. The zero-order chi connectivity index (χ0) is 14.8. The van der Waals surface area contributed by atoms with Gasteiger partial charge in [0.25, 0.3) is 0 Å². The second-order valence-electron chi connectivity index (χ2n) is 4.01. The number of nitrogens with zero attached hydrogens (tertiary/aromatic N) is 3. The highest BCUT2D eigenvalue weighted by Crippen LogP contribution is 2.37. The van der Waals surface area contributed by atoms with E-state index in [9.17, 15) is 10.1 Å². The fraction of sp³-hybridized carbons (Fsp3) is 0.167. The van der Waals surface area contributed by atoms with E-state index in [0.717, 1.165) is 6.20 Å². The second kappa shape index (κ2) is 5.12. The number of aromatic nitrogens is 2. The van der Waals surface area contributed by atoms with Gasteiger partial charge in [0.15, 0.2) is 11.5 Å². The highest BCUT2D eigenvalue weighted by atomic mass is 16.7. The summed E-state index contributed by atoms with van der Waals surface area (Å²) >= 11 is 0. The number of benzene rings is 1. The first-order chi connectivity index (χ1) is 10.2. The lowest BCUT2D eigenvalue weighted by molar-refractivity contribution is -0.386. The molecule has 0 spiro atoms. The van der Waals surface area contributed by atoms with E-state index >= 15 is 0 Å². The predicted molar refractivity (Wildman–Crippen MR) is 70.9 cm³/mol. The van der Waals surface area contributed by atoms with Gasteiger partial charge >= 0.3 is 11.6 Å². The predicted octanol–water partition coefficient (Wildman–Crippen LogP) is 1.95. The SMILES string of the molecule is CNc1ncc([N+](=O)[O-])c(Oc2ccc3c(c2)OCO3)n1. The average Bonchev–Trinajstić information content (AvgIpc) is 2.94. The molecule has 1 aromatic carbocycles. The summed E-state index contributed by atoms with van der Waals surface area (Å²) in [6.45, 7) is 0.135. The molecule has 0 saturated carbocycles. The van der Waals surface area contributed by atoms with Crippen LogP contribution in [0.2, 0.25) is 0 Å². The molecule has 0 amide bonds. The molecule has 108 valence electrons. The van der Waals surface area contributed by atoms with E-state index in [0.29, 0.717) is 17.2 Å². The van der Waals surface area contributed by atoms with Gasteiger partial charge in [0, 0.05) is 13.1 Å². The van der Waals surface area contributed by atoms with Gasteiger partial charge in [0.05, 0.1) is 4.92 Å². The Kier molecular flexibility index (Phi) is 3.14. The van der Waals surface area contributed by atoms with Crippen LogP contribution in [0.5, 0.6) is 23.1 Å². The monoisotopic (exact) mass is 290 g/mol. The number of nitrogens with one attached hydrogen (secondary N) is 1. The van der Waals surface area contributed by atoms with Crippen molar-refractivity contribution in [3.63, 3.8) is 0 Å². The Morgan fingerprint density at radius 2 is 2.19 bits per heavy atom. The molecule has 1 aliphatic heterocycles. The largest absolute Gasteiger partial charge is 0.454 e. The molecule has 9 heteroatoms. The number of hydrogen-bond acceptors (Lipinski definition) is 8. The summed E-state index contributed by atoms with van der Waals surface area (Å²) in [6, 6.07) is 4.84. The van der Waals surface area contributed by atoms with Gasteiger partial charge in [-0.05, 0) is 12.1 Å². The third kappa shape index (κ3) is 2.48. The molecule has 0 bridgehead atoms. The number of rotatable bonds is 4. The van der Waals surface area contributed by atoms with Crippen molar-refractivity contribution in [2.45, 2.75) is 0 Å². The Morgan fingerprint density at radius 1 is 1.38 bits per heavy atom. The van der Waals surface area contributed by atoms with Crippen LogP contribution in [0.25, 0.3) is 0 Å². The summed E-state index contributed by atoms with van der Waals surface area (Å²) in [7, 11) is 1.60. The lowest BCUT2D eigenvalue weighted by atomic mass is 10.3. The highest BCUT2D eigenvalue weighted by molar-refractivity contribution is 5.50. The van der Waals surface area contributed by atoms with Gasteiger partial charge in [0.2, 0.25) is 12.7 Å². The Bertz CT molecular complexity index is 706. The van der Waals surface area contributed by atoms with Gasteiger partial charge in [-0.25, -0.2) is 4.98 Å². The Morgan fingerprint density at radius 3 is 2.95 bits per heavy atom. The third-order valence-corrected chi connectivity index (χ3v) is 2.71. The first kappa shape index (κ1) is 12.9. The molecular formula is C12H10N4O5. The van der Waals surface area contributed by atoms with Crippen LogP contribution in [0.4, 0.5) is 11.6 Å². The molecule has 1 aliphatic rings. The van der Waals surface area contributed by atoms with Gasteiger partial charge in [0.1, 0.15) is 11.9 Å². The molecule has 3 rings (SSSR count). The number of anilines is 1. The molecule has 1 aromatic heterocycles. The minimum absolute atomic E-state index is 0.135. The molecule has 21 heavy (non-hydrogen) atoms.